The van der Waals surface area contributed by atoms with E-state index in [9.17, 15) is 13.2 Å². The number of nitrogens with zero attached hydrogens (tertiary/aromatic N) is 2. The van der Waals surface area contributed by atoms with Gasteiger partial charge in [-0.3, -0.25) is 9.79 Å². The van der Waals surface area contributed by atoms with Gasteiger partial charge in [0.25, 0.3) is 0 Å². The molecule has 0 radical (unpaired) electrons. The zero-order chi connectivity index (χ0) is 22.4. The summed E-state index contributed by atoms with van der Waals surface area (Å²) in [6, 6.07) is 12.2. The highest BCUT2D eigenvalue weighted by atomic mass is 35.5. The number of hydrogen-bond acceptors (Lipinski definition) is 5. The number of nitrogens with one attached hydrogen (secondary N) is 2. The minimum absolute atomic E-state index is 0.0383. The molecule has 2 N–H and O–H groups in total. The fourth-order valence-electron chi connectivity index (χ4n) is 3.09. The minimum atomic E-state index is -3.81. The van der Waals surface area contributed by atoms with Crippen LogP contribution in [0.5, 0.6) is 0 Å². The van der Waals surface area contributed by atoms with E-state index in [2.05, 4.69) is 15.6 Å². The number of amides is 1. The fraction of sp³-hybridized carbons (Fsp3) is 0.333. The average Bonchev–Trinajstić information content (AvgIpc) is 3.27. The number of carbonyl (C=O) groups excluding carboxylic acids is 1. The molecule has 7 nitrogen and oxygen atoms in total. The number of aliphatic imine (C=N–C) groups is 1. The second-order valence-electron chi connectivity index (χ2n) is 7.11. The zero-order valence-electron chi connectivity index (χ0n) is 17.1. The van der Waals surface area contributed by atoms with Crippen molar-refractivity contribution in [2.24, 2.45) is 4.99 Å². The van der Waals surface area contributed by atoms with Crippen LogP contribution in [-0.2, 0) is 21.2 Å². The van der Waals surface area contributed by atoms with E-state index in [-0.39, 0.29) is 28.8 Å². The summed E-state index contributed by atoms with van der Waals surface area (Å²) in [4.78, 5) is 16.5. The van der Waals surface area contributed by atoms with Crippen LogP contribution in [-0.4, -0.2) is 57.7 Å². The van der Waals surface area contributed by atoms with Gasteiger partial charge in [-0.15, -0.1) is 0 Å². The van der Waals surface area contributed by atoms with Crippen LogP contribution in [0.25, 0.3) is 0 Å². The highest BCUT2D eigenvalue weighted by Crippen LogP contribution is 2.27. The molecule has 0 atom stereocenters. The first kappa shape index (κ1) is 23.5. The van der Waals surface area contributed by atoms with Crippen molar-refractivity contribution in [3.63, 3.8) is 0 Å². The maximum Gasteiger partial charge on any atom is 0.244 e. The molecule has 1 amide bonds. The molecule has 0 unspecified atom stereocenters. The summed E-state index contributed by atoms with van der Waals surface area (Å²) in [5, 5.41) is 6.46. The lowest BCUT2D eigenvalue weighted by molar-refractivity contribution is -0.121. The Hall–Kier alpha value is -2.13. The Morgan fingerprint density at radius 3 is 2.58 bits per heavy atom. The van der Waals surface area contributed by atoms with Gasteiger partial charge in [0.05, 0.1) is 11.6 Å². The number of benzene rings is 2. The van der Waals surface area contributed by atoms with Crippen molar-refractivity contribution in [1.29, 1.82) is 0 Å². The van der Waals surface area contributed by atoms with Crippen molar-refractivity contribution in [2.75, 3.05) is 33.2 Å². The molecule has 1 aliphatic heterocycles. The van der Waals surface area contributed by atoms with Gasteiger partial charge in [-0.25, -0.2) is 12.7 Å². The van der Waals surface area contributed by atoms with Gasteiger partial charge < -0.3 is 10.6 Å². The summed E-state index contributed by atoms with van der Waals surface area (Å²) in [6.45, 7) is 2.17. The molecule has 0 spiro atoms. The maximum atomic E-state index is 12.7. The second kappa shape index (κ2) is 10.5. The molecular formula is C21H24Cl2N4O3S. The van der Waals surface area contributed by atoms with E-state index < -0.39 is 10.0 Å². The van der Waals surface area contributed by atoms with Gasteiger partial charge in [-0.1, -0.05) is 47.5 Å². The summed E-state index contributed by atoms with van der Waals surface area (Å²) >= 11 is 11.8. The summed E-state index contributed by atoms with van der Waals surface area (Å²) in [5.41, 5.74) is 2.15. The summed E-state index contributed by atoms with van der Waals surface area (Å²) in [6.07, 6.45) is 0.728. The Balaban J connectivity index is 1.44. The van der Waals surface area contributed by atoms with Crippen LogP contribution in [0.4, 0.5) is 0 Å². The third-order valence-corrected chi connectivity index (χ3v) is 7.45. The molecule has 31 heavy (non-hydrogen) atoms. The molecule has 3 rings (SSSR count). The number of rotatable bonds is 9. The topological polar surface area (TPSA) is 90.9 Å². The lowest BCUT2D eigenvalue weighted by Gasteiger charge is -2.18. The van der Waals surface area contributed by atoms with Crippen molar-refractivity contribution in [1.82, 2.24) is 14.9 Å². The van der Waals surface area contributed by atoms with Crippen molar-refractivity contribution in [3.05, 3.63) is 63.6 Å². The largest absolute Gasteiger partial charge is 0.368 e. The van der Waals surface area contributed by atoms with Crippen molar-refractivity contribution < 1.29 is 13.2 Å². The Bertz CT molecular complexity index is 1070. The molecule has 1 aliphatic rings. The minimum Gasteiger partial charge on any atom is -0.368 e. The summed E-state index contributed by atoms with van der Waals surface area (Å²) in [7, 11) is -2.39. The fourth-order valence-corrected chi connectivity index (χ4v) is 5.00. The van der Waals surface area contributed by atoms with Crippen LogP contribution in [0, 0.1) is 0 Å². The second-order valence-corrected chi connectivity index (χ2v) is 9.96. The van der Waals surface area contributed by atoms with Crippen LogP contribution in [0.1, 0.15) is 17.5 Å². The number of halogens is 2. The molecule has 0 saturated heterocycles. The summed E-state index contributed by atoms with van der Waals surface area (Å²) < 4.78 is 26.4. The van der Waals surface area contributed by atoms with Gasteiger partial charge in [0, 0.05) is 43.7 Å². The highest BCUT2D eigenvalue weighted by molar-refractivity contribution is 7.89. The Morgan fingerprint density at radius 2 is 1.94 bits per heavy atom. The number of amidine groups is 1. The van der Waals surface area contributed by atoms with Gasteiger partial charge in [0.1, 0.15) is 10.7 Å². The molecule has 0 aliphatic carbocycles. The molecule has 0 fully saturated rings. The van der Waals surface area contributed by atoms with Gasteiger partial charge in [0.2, 0.25) is 15.9 Å². The molecule has 166 valence electrons. The van der Waals surface area contributed by atoms with E-state index in [1.54, 1.807) is 0 Å². The third kappa shape index (κ3) is 6.20. The van der Waals surface area contributed by atoms with E-state index in [0.29, 0.717) is 18.0 Å². The molecule has 2 aromatic carbocycles. The van der Waals surface area contributed by atoms with Crippen molar-refractivity contribution in [3.8, 4) is 0 Å². The molecule has 10 heteroatoms. The molecule has 0 saturated carbocycles. The van der Waals surface area contributed by atoms with E-state index >= 15 is 0 Å². The van der Waals surface area contributed by atoms with E-state index in [4.69, 9.17) is 23.2 Å². The SMILES string of the molecule is CN(CCC(=O)NCCc1ccc(C2=NCCN2)cc1)S(=O)(=O)c1ccc(Cl)cc1Cl. The lowest BCUT2D eigenvalue weighted by atomic mass is 10.1. The van der Waals surface area contributed by atoms with Crippen LogP contribution < -0.4 is 10.6 Å². The first-order chi connectivity index (χ1) is 14.8. The number of carbonyl (C=O) groups is 1. The van der Waals surface area contributed by atoms with Gasteiger partial charge >= 0.3 is 0 Å². The molecule has 0 aromatic heterocycles. The quantitative estimate of drug-likeness (QED) is 0.574. The average molecular weight is 483 g/mol. The molecule has 2 aromatic rings. The molecule has 0 bridgehead atoms. The highest BCUT2D eigenvalue weighted by Gasteiger charge is 2.24. The summed E-state index contributed by atoms with van der Waals surface area (Å²) in [5.74, 6) is 0.698. The lowest BCUT2D eigenvalue weighted by Crippen LogP contribution is -2.33. The van der Waals surface area contributed by atoms with Crippen molar-refractivity contribution in [2.45, 2.75) is 17.7 Å². The van der Waals surface area contributed by atoms with E-state index in [1.165, 1.54) is 25.2 Å². The monoisotopic (exact) mass is 482 g/mol. The van der Waals surface area contributed by atoms with E-state index in [0.717, 1.165) is 34.4 Å². The number of hydrogen-bond donors (Lipinski definition) is 2. The molecular weight excluding hydrogens is 459 g/mol. The Labute approximate surface area is 192 Å². The normalized spacial score (nSPS) is 13.7. The van der Waals surface area contributed by atoms with Crippen LogP contribution in [0.2, 0.25) is 10.0 Å². The van der Waals surface area contributed by atoms with Gasteiger partial charge in [-0.2, -0.15) is 0 Å². The van der Waals surface area contributed by atoms with Crippen molar-refractivity contribution >= 4 is 45.0 Å². The van der Waals surface area contributed by atoms with Gasteiger partial charge in [-0.05, 0) is 30.2 Å². The molecule has 1 heterocycles. The van der Waals surface area contributed by atoms with E-state index in [1.807, 2.05) is 24.3 Å². The van der Waals surface area contributed by atoms with Crippen LogP contribution in [0.3, 0.4) is 0 Å². The smallest absolute Gasteiger partial charge is 0.244 e. The standard InChI is InChI=1S/C21H24Cl2N4O3S/c1-27(31(29,30)19-7-6-17(22)14-18(19)23)13-9-20(28)24-10-8-15-2-4-16(5-3-15)21-25-11-12-26-21/h2-7,14H,8-13H2,1H3,(H,24,28)(H,25,26). The third-order valence-electron chi connectivity index (χ3n) is 4.87. The first-order valence-corrected chi connectivity index (χ1v) is 12.0. The van der Waals surface area contributed by atoms with Crippen LogP contribution >= 0.6 is 23.2 Å². The number of sulfonamides is 1. The zero-order valence-corrected chi connectivity index (χ0v) is 19.4. The maximum absolute atomic E-state index is 12.7. The Kier molecular flexibility index (Phi) is 7.94. The Morgan fingerprint density at radius 1 is 1.19 bits per heavy atom. The predicted octanol–water partition coefficient (Wildman–Crippen LogP) is 2.71. The van der Waals surface area contributed by atoms with Gasteiger partial charge in [0.15, 0.2) is 0 Å². The van der Waals surface area contributed by atoms with Crippen LogP contribution in [0.15, 0.2) is 52.4 Å². The predicted molar refractivity (Wildman–Crippen MR) is 123 cm³/mol. The first-order valence-electron chi connectivity index (χ1n) is 9.83.